The van der Waals surface area contributed by atoms with Crippen LogP contribution < -0.4 is 0 Å². The summed E-state index contributed by atoms with van der Waals surface area (Å²) in [4.78, 5) is 2.20. The zero-order chi connectivity index (χ0) is 13.8. The Hall–Kier alpha value is -0.230. The van der Waals surface area contributed by atoms with E-state index in [1.54, 1.807) is 0 Å². The number of hydrogen-bond donors (Lipinski definition) is 0. The fourth-order valence-corrected chi connectivity index (χ4v) is 4.04. The first kappa shape index (κ1) is 15.2. The minimum atomic E-state index is -2.21. The van der Waals surface area contributed by atoms with Crippen LogP contribution in [0.15, 0.2) is 11.9 Å². The van der Waals surface area contributed by atoms with E-state index in [9.17, 15) is 13.2 Å². The molecule has 0 aromatic heterocycles. The summed E-state index contributed by atoms with van der Waals surface area (Å²) in [5.74, 6) is 0.411. The Morgan fingerprint density at radius 1 is 1.05 bits per heavy atom. The molecule has 0 amide bonds. The van der Waals surface area contributed by atoms with Crippen molar-refractivity contribution in [3.63, 3.8) is 0 Å². The molecule has 108 valence electrons. The average molecular weight is 309 g/mol. The number of fused-ring (bicyclic) bond motifs is 4. The topological polar surface area (TPSA) is 3.24 Å². The van der Waals surface area contributed by atoms with Crippen molar-refractivity contribution < 1.29 is 13.2 Å². The maximum Gasteiger partial charge on any atom is 0.301 e. The van der Waals surface area contributed by atoms with E-state index < -0.39 is 11.9 Å². The van der Waals surface area contributed by atoms with Crippen molar-refractivity contribution in [1.82, 2.24) is 4.90 Å². The predicted octanol–water partition coefficient (Wildman–Crippen LogP) is 4.59. The Bertz CT molecular complexity index is 347. The highest BCUT2D eigenvalue weighted by atomic mass is 32.2. The van der Waals surface area contributed by atoms with Gasteiger partial charge in [-0.05, 0) is 37.5 Å². The zero-order valence-corrected chi connectivity index (χ0v) is 12.3. The fraction of sp³-hybridized carbons (Fsp3) is 0.769. The lowest BCUT2D eigenvalue weighted by Crippen LogP contribution is -2.31. The summed E-state index contributed by atoms with van der Waals surface area (Å²) in [6, 6.07) is 0. The lowest BCUT2D eigenvalue weighted by atomic mass is 9.84. The van der Waals surface area contributed by atoms with Gasteiger partial charge in [-0.2, -0.15) is 8.78 Å². The molecule has 6 heteroatoms. The van der Waals surface area contributed by atoms with Gasteiger partial charge in [0, 0.05) is 25.3 Å². The Labute approximate surface area is 121 Å². The second-order valence-corrected chi connectivity index (χ2v) is 7.05. The molecule has 2 aliphatic heterocycles. The van der Waals surface area contributed by atoms with Crippen molar-refractivity contribution >= 4 is 28.3 Å². The molecule has 3 rings (SSSR count). The number of thioether (sulfide) groups is 1. The van der Waals surface area contributed by atoms with E-state index in [1.165, 1.54) is 37.4 Å². The van der Waals surface area contributed by atoms with Crippen molar-refractivity contribution in [3.8, 4) is 0 Å². The van der Waals surface area contributed by atoms with E-state index in [0.29, 0.717) is 0 Å². The predicted molar refractivity (Wildman–Crippen MR) is 77.0 cm³/mol. The Kier molecular flexibility index (Phi) is 5.57. The van der Waals surface area contributed by atoms with E-state index >= 15 is 0 Å². The van der Waals surface area contributed by atoms with Crippen LogP contribution in [0, 0.1) is 11.8 Å². The number of hydrogen-bond acceptors (Lipinski definition) is 2. The van der Waals surface area contributed by atoms with Gasteiger partial charge < -0.3 is 4.90 Å². The fourth-order valence-electron chi connectivity index (χ4n) is 2.86. The van der Waals surface area contributed by atoms with Crippen molar-refractivity contribution in [2.45, 2.75) is 32.1 Å². The normalized spacial score (nSPS) is 26.2. The molecule has 19 heavy (non-hydrogen) atoms. The van der Waals surface area contributed by atoms with Crippen LogP contribution in [0.5, 0.6) is 0 Å². The van der Waals surface area contributed by atoms with Gasteiger partial charge in [0.1, 0.15) is 4.32 Å². The van der Waals surface area contributed by atoms with Crippen molar-refractivity contribution in [3.05, 3.63) is 11.9 Å². The summed E-state index contributed by atoms with van der Waals surface area (Å²) in [6.45, 7) is 1.97. The molecule has 0 spiro atoms. The van der Waals surface area contributed by atoms with Gasteiger partial charge in [0.05, 0.1) is 0 Å². The van der Waals surface area contributed by atoms with Gasteiger partial charge >= 0.3 is 6.08 Å². The van der Waals surface area contributed by atoms with Crippen LogP contribution >= 0.6 is 24.0 Å². The summed E-state index contributed by atoms with van der Waals surface area (Å²) in [5, 5.41) is 0. The minimum Gasteiger partial charge on any atom is -0.357 e. The Morgan fingerprint density at radius 3 is 2.05 bits per heavy atom. The Morgan fingerprint density at radius 2 is 1.58 bits per heavy atom. The summed E-state index contributed by atoms with van der Waals surface area (Å²) in [5.41, 5.74) is 0. The van der Waals surface area contributed by atoms with E-state index in [4.69, 9.17) is 12.2 Å². The molecule has 2 saturated heterocycles. The molecule has 1 saturated carbocycles. The van der Waals surface area contributed by atoms with Crippen molar-refractivity contribution in [2.24, 2.45) is 11.8 Å². The maximum atomic E-state index is 12.7. The Balaban J connectivity index is 1.78. The van der Waals surface area contributed by atoms with Crippen molar-refractivity contribution in [1.29, 1.82) is 0 Å². The van der Waals surface area contributed by atoms with Crippen LogP contribution in [-0.2, 0) is 0 Å². The third-order valence-corrected chi connectivity index (χ3v) is 5.46. The summed E-state index contributed by atoms with van der Waals surface area (Å²) < 4.78 is 37.3. The van der Waals surface area contributed by atoms with Gasteiger partial charge in [0.2, 0.25) is 0 Å². The molecule has 0 aromatic rings. The highest BCUT2D eigenvalue weighted by Crippen LogP contribution is 2.35. The lowest BCUT2D eigenvalue weighted by molar-refractivity contribution is 0.326. The van der Waals surface area contributed by atoms with Crippen LogP contribution in [-0.4, -0.2) is 28.1 Å². The highest BCUT2D eigenvalue weighted by molar-refractivity contribution is 8.22. The van der Waals surface area contributed by atoms with E-state index in [0.717, 1.165) is 29.2 Å². The standard InChI is InChI=1S/C13H18F3NS2/c14-11(12(15)16)5-6-19-13(18)17-7-9-1-2-10(8-17)4-3-9/h9-10H,1-8H2. The van der Waals surface area contributed by atoms with Crippen LogP contribution in [0.4, 0.5) is 13.2 Å². The first-order valence-electron chi connectivity index (χ1n) is 6.67. The molecular formula is C13H18F3NS2. The summed E-state index contributed by atoms with van der Waals surface area (Å²) in [6.07, 6.45) is 2.66. The smallest absolute Gasteiger partial charge is 0.301 e. The minimum absolute atomic E-state index is 0.242. The van der Waals surface area contributed by atoms with E-state index in [2.05, 4.69) is 4.90 Å². The van der Waals surface area contributed by atoms with Gasteiger partial charge in [-0.25, -0.2) is 4.39 Å². The van der Waals surface area contributed by atoms with Crippen molar-refractivity contribution in [2.75, 3.05) is 18.8 Å². The molecule has 0 aromatic carbocycles. The number of nitrogens with zero attached hydrogens (tertiary/aromatic N) is 1. The van der Waals surface area contributed by atoms with Crippen LogP contribution in [0.25, 0.3) is 0 Å². The van der Waals surface area contributed by atoms with Gasteiger partial charge in [-0.1, -0.05) is 24.0 Å². The SMILES string of the molecule is FC(F)=C(F)CCSC(=S)N1CC2CCC(CC2)C1. The number of halogens is 3. The monoisotopic (exact) mass is 309 g/mol. The molecule has 2 heterocycles. The second-order valence-electron chi connectivity index (χ2n) is 5.32. The molecule has 3 fully saturated rings. The maximum absolute atomic E-state index is 12.7. The summed E-state index contributed by atoms with van der Waals surface area (Å²) >= 11 is 6.67. The molecule has 0 atom stereocenters. The van der Waals surface area contributed by atoms with E-state index in [-0.39, 0.29) is 12.2 Å². The number of thiocarbonyl (C=S) groups is 1. The third-order valence-electron chi connectivity index (χ3n) is 3.93. The van der Waals surface area contributed by atoms with Crippen LogP contribution in [0.1, 0.15) is 32.1 Å². The van der Waals surface area contributed by atoms with Gasteiger partial charge in [0.25, 0.3) is 0 Å². The third kappa shape index (κ3) is 4.38. The molecule has 0 N–H and O–H groups in total. The molecule has 0 radical (unpaired) electrons. The average Bonchev–Trinajstić information content (AvgIpc) is 2.71. The number of allylic oxidation sites excluding steroid dienone is 1. The molecule has 1 aliphatic carbocycles. The van der Waals surface area contributed by atoms with Gasteiger partial charge in [-0.3, -0.25) is 0 Å². The van der Waals surface area contributed by atoms with Crippen LogP contribution in [0.3, 0.4) is 0 Å². The second kappa shape index (κ2) is 6.97. The molecule has 2 bridgehead atoms. The number of rotatable bonds is 3. The highest BCUT2D eigenvalue weighted by Gasteiger charge is 2.30. The van der Waals surface area contributed by atoms with Gasteiger partial charge in [-0.15, -0.1) is 0 Å². The molecular weight excluding hydrogens is 291 g/mol. The molecule has 3 aliphatic rings. The lowest BCUT2D eigenvalue weighted by Gasteiger charge is -2.24. The first-order chi connectivity index (χ1) is 9.06. The molecule has 1 nitrogen and oxygen atoms in total. The first-order valence-corrected chi connectivity index (χ1v) is 8.07. The summed E-state index contributed by atoms with van der Waals surface area (Å²) in [7, 11) is 0. The largest absolute Gasteiger partial charge is 0.357 e. The zero-order valence-electron chi connectivity index (χ0n) is 10.7. The van der Waals surface area contributed by atoms with Crippen LogP contribution in [0.2, 0.25) is 0 Å². The van der Waals surface area contributed by atoms with Gasteiger partial charge in [0.15, 0.2) is 5.83 Å². The molecule has 0 unspecified atom stereocenters. The quantitative estimate of drug-likeness (QED) is 0.702. The van der Waals surface area contributed by atoms with E-state index in [1.807, 2.05) is 0 Å².